The smallest absolute Gasteiger partial charge is 0.258 e. The zero-order valence-electron chi connectivity index (χ0n) is 16.8. The minimum Gasteiger partial charge on any atom is -0.300 e. The Morgan fingerprint density at radius 1 is 1.07 bits per heavy atom. The van der Waals surface area contributed by atoms with Crippen LogP contribution < -0.4 is 4.90 Å². The summed E-state index contributed by atoms with van der Waals surface area (Å²) in [5.74, 6) is -0.273. The normalized spacial score (nSPS) is 18.2. The monoisotopic (exact) mass is 397 g/mol. The van der Waals surface area contributed by atoms with Crippen LogP contribution in [0.2, 0.25) is 0 Å². The van der Waals surface area contributed by atoms with Crippen LogP contribution in [0.3, 0.4) is 0 Å². The number of nitrogens with zero attached hydrogens (tertiary/aromatic N) is 1. The van der Waals surface area contributed by atoms with E-state index < -0.39 is 15.9 Å². The summed E-state index contributed by atoms with van der Waals surface area (Å²) in [4.78, 5) is 15.1. The Balaban J connectivity index is 2.04. The molecule has 1 aliphatic rings. The van der Waals surface area contributed by atoms with Crippen molar-refractivity contribution in [1.82, 2.24) is 0 Å². The predicted octanol–water partition coefficient (Wildman–Crippen LogP) is 4.50. The van der Waals surface area contributed by atoms with Gasteiger partial charge in [0, 0.05) is 16.7 Å². The third kappa shape index (κ3) is 4.20. The summed E-state index contributed by atoms with van der Waals surface area (Å²) in [6.45, 7) is 8.41. The first-order valence-electron chi connectivity index (χ1n) is 9.55. The largest absolute Gasteiger partial charge is 0.300 e. The molecule has 0 radical (unpaired) electrons. The molecule has 148 valence electrons. The molecule has 3 rings (SSSR count). The molecular formula is C23H27NO3S. The molecule has 1 unspecified atom stereocenters. The van der Waals surface area contributed by atoms with Crippen LogP contribution in [0.5, 0.6) is 0 Å². The molecule has 4 nitrogen and oxygen atoms in total. The van der Waals surface area contributed by atoms with Crippen LogP contribution in [0.15, 0.2) is 60.0 Å². The minimum atomic E-state index is -3.28. The number of sulfone groups is 1. The number of anilines is 1. The molecule has 0 bridgehead atoms. The van der Waals surface area contributed by atoms with Crippen molar-refractivity contribution in [2.24, 2.45) is 0 Å². The van der Waals surface area contributed by atoms with Gasteiger partial charge in [-0.15, -0.1) is 0 Å². The van der Waals surface area contributed by atoms with Crippen molar-refractivity contribution in [2.75, 3.05) is 10.7 Å². The number of benzene rings is 2. The van der Waals surface area contributed by atoms with Crippen LogP contribution >= 0.6 is 0 Å². The third-order valence-electron chi connectivity index (χ3n) is 5.09. The Bertz CT molecular complexity index is 999. The van der Waals surface area contributed by atoms with E-state index in [0.29, 0.717) is 5.56 Å². The van der Waals surface area contributed by atoms with Gasteiger partial charge in [0.1, 0.15) is 0 Å². The van der Waals surface area contributed by atoms with E-state index in [2.05, 4.69) is 20.8 Å². The number of hydrogen-bond donors (Lipinski definition) is 0. The van der Waals surface area contributed by atoms with E-state index in [-0.39, 0.29) is 17.1 Å². The summed E-state index contributed by atoms with van der Waals surface area (Å²) < 4.78 is 24.0. The van der Waals surface area contributed by atoms with Gasteiger partial charge in [0.15, 0.2) is 9.84 Å². The number of amides is 1. The maximum atomic E-state index is 13.5. The van der Waals surface area contributed by atoms with E-state index >= 15 is 0 Å². The van der Waals surface area contributed by atoms with E-state index in [1.165, 1.54) is 5.41 Å². The van der Waals surface area contributed by atoms with Crippen molar-refractivity contribution in [3.05, 3.63) is 76.7 Å². The second-order valence-corrected chi connectivity index (χ2v) is 10.1. The lowest BCUT2D eigenvalue weighted by Gasteiger charge is -2.30. The van der Waals surface area contributed by atoms with Crippen LogP contribution in [0.4, 0.5) is 5.69 Å². The molecule has 0 aromatic heterocycles. The topological polar surface area (TPSA) is 54.5 Å². The van der Waals surface area contributed by atoms with E-state index in [4.69, 9.17) is 0 Å². The fourth-order valence-corrected chi connectivity index (χ4v) is 4.72. The van der Waals surface area contributed by atoms with E-state index in [0.717, 1.165) is 23.2 Å². The molecule has 5 heteroatoms. The fourth-order valence-electron chi connectivity index (χ4n) is 3.46. The first-order valence-corrected chi connectivity index (χ1v) is 11.3. The first-order chi connectivity index (χ1) is 13.1. The molecule has 0 N–H and O–H groups in total. The summed E-state index contributed by atoms with van der Waals surface area (Å²) in [7, 11) is -3.28. The van der Waals surface area contributed by atoms with E-state index in [9.17, 15) is 13.2 Å². The minimum absolute atomic E-state index is 0.00164. The maximum absolute atomic E-state index is 13.5. The van der Waals surface area contributed by atoms with Crippen LogP contribution in [0.1, 0.15) is 49.2 Å². The van der Waals surface area contributed by atoms with Crippen molar-refractivity contribution in [2.45, 2.75) is 45.6 Å². The van der Waals surface area contributed by atoms with Crippen molar-refractivity contribution >= 4 is 21.4 Å². The molecule has 0 saturated heterocycles. The Morgan fingerprint density at radius 3 is 2.25 bits per heavy atom. The number of hydrogen-bond acceptors (Lipinski definition) is 3. The molecule has 0 fully saturated rings. The molecule has 2 aromatic rings. The van der Waals surface area contributed by atoms with Crippen LogP contribution in [0, 0.1) is 0 Å². The third-order valence-corrected chi connectivity index (χ3v) is 6.47. The lowest BCUT2D eigenvalue weighted by atomic mass is 9.86. The highest BCUT2D eigenvalue weighted by Crippen LogP contribution is 2.29. The quantitative estimate of drug-likeness (QED) is 0.763. The highest BCUT2D eigenvalue weighted by molar-refractivity contribution is 7.94. The summed E-state index contributed by atoms with van der Waals surface area (Å²) in [6.07, 6.45) is 2.37. The standard InChI is InChI=1S/C23H27NO3S/c1-5-17-8-6-7-9-21(17)24(20-14-15-28(26,27)16-20)22(25)18-10-12-19(13-11-18)23(2,3)4/h6-15,20H,5,16H2,1-4H3. The highest BCUT2D eigenvalue weighted by atomic mass is 32.2. The van der Waals surface area contributed by atoms with Gasteiger partial charge in [-0.1, -0.05) is 58.0 Å². The number of aryl methyl sites for hydroxylation is 1. The van der Waals surface area contributed by atoms with Gasteiger partial charge < -0.3 is 4.90 Å². The van der Waals surface area contributed by atoms with Crippen molar-refractivity contribution in [3.8, 4) is 0 Å². The number of rotatable bonds is 4. The van der Waals surface area contributed by atoms with Gasteiger partial charge in [-0.2, -0.15) is 0 Å². The maximum Gasteiger partial charge on any atom is 0.258 e. The lowest BCUT2D eigenvalue weighted by molar-refractivity contribution is 0.0983. The number of para-hydroxylation sites is 1. The average molecular weight is 398 g/mol. The number of carbonyl (C=O) groups is 1. The summed E-state index contributed by atoms with van der Waals surface area (Å²) >= 11 is 0. The molecule has 1 aliphatic heterocycles. The summed E-state index contributed by atoms with van der Waals surface area (Å²) in [6, 6.07) is 14.8. The molecule has 1 atom stereocenters. The molecule has 1 amide bonds. The Kier molecular flexibility index (Phi) is 5.48. The Hall–Kier alpha value is -2.40. The van der Waals surface area contributed by atoms with Crippen LogP contribution in [0.25, 0.3) is 0 Å². The van der Waals surface area contributed by atoms with Gasteiger partial charge in [-0.25, -0.2) is 8.42 Å². The molecule has 0 aliphatic carbocycles. The van der Waals surface area contributed by atoms with Gasteiger partial charge >= 0.3 is 0 Å². The van der Waals surface area contributed by atoms with E-state index in [1.54, 1.807) is 11.0 Å². The summed E-state index contributed by atoms with van der Waals surface area (Å²) in [5, 5.41) is 1.22. The van der Waals surface area contributed by atoms with E-state index in [1.807, 2.05) is 55.5 Å². The highest BCUT2D eigenvalue weighted by Gasteiger charge is 2.33. The number of carbonyl (C=O) groups excluding carboxylic acids is 1. The molecule has 0 saturated carbocycles. The summed E-state index contributed by atoms with van der Waals surface area (Å²) in [5.41, 5.74) is 3.48. The van der Waals surface area contributed by atoms with Gasteiger partial charge in [0.2, 0.25) is 0 Å². The van der Waals surface area contributed by atoms with Gasteiger partial charge in [-0.05, 0) is 47.2 Å². The van der Waals surface area contributed by atoms with Crippen molar-refractivity contribution in [3.63, 3.8) is 0 Å². The molecular weight excluding hydrogens is 370 g/mol. The zero-order chi connectivity index (χ0) is 20.5. The van der Waals surface area contributed by atoms with Crippen molar-refractivity contribution in [1.29, 1.82) is 0 Å². The van der Waals surface area contributed by atoms with Crippen molar-refractivity contribution < 1.29 is 13.2 Å². The van der Waals surface area contributed by atoms with Crippen LogP contribution in [-0.2, 0) is 21.7 Å². The molecule has 1 heterocycles. The molecule has 0 spiro atoms. The van der Waals surface area contributed by atoms with Crippen LogP contribution in [-0.4, -0.2) is 26.1 Å². The second kappa shape index (κ2) is 7.55. The van der Waals surface area contributed by atoms with Gasteiger partial charge in [0.05, 0.1) is 11.8 Å². The predicted molar refractivity (Wildman–Crippen MR) is 114 cm³/mol. The Morgan fingerprint density at radius 2 is 1.71 bits per heavy atom. The van der Waals surface area contributed by atoms with Gasteiger partial charge in [0.25, 0.3) is 5.91 Å². The molecule has 28 heavy (non-hydrogen) atoms. The lowest BCUT2D eigenvalue weighted by Crippen LogP contribution is -2.41. The second-order valence-electron chi connectivity index (χ2n) is 8.21. The molecule has 2 aromatic carbocycles. The first kappa shape index (κ1) is 20.3. The zero-order valence-corrected chi connectivity index (χ0v) is 17.7. The van der Waals surface area contributed by atoms with Gasteiger partial charge in [-0.3, -0.25) is 4.79 Å². The fraction of sp³-hybridized carbons (Fsp3) is 0.348. The average Bonchev–Trinajstić information content (AvgIpc) is 3.01. The Labute approximate surface area is 167 Å². The SMILES string of the molecule is CCc1ccccc1N(C(=O)c1ccc(C(C)(C)C)cc1)C1C=CS(=O)(=O)C1.